The van der Waals surface area contributed by atoms with Gasteiger partial charge in [0.25, 0.3) is 0 Å². The predicted octanol–water partition coefficient (Wildman–Crippen LogP) is -1.54. The minimum Gasteiger partial charge on any atom is -0.386 e. The zero-order valence-electron chi connectivity index (χ0n) is 6.26. The summed E-state index contributed by atoms with van der Waals surface area (Å²) in [5.41, 5.74) is -0.810. The molecule has 4 nitrogen and oxygen atoms in total. The summed E-state index contributed by atoms with van der Waals surface area (Å²) in [7, 11) is 0. The normalized spacial score (nSPS) is 43.4. The Hall–Kier alpha value is -0.610. The number of β-amino-alcohol motifs (C(OH)–C–C–N with tert-alkyl or cyclic N) is 1. The number of aliphatic hydroxyl groups is 1. The first-order valence-electron chi connectivity index (χ1n) is 3.93. The van der Waals surface area contributed by atoms with E-state index in [4.69, 9.17) is 0 Å². The smallest absolute Gasteiger partial charge is 0.226 e. The van der Waals surface area contributed by atoms with Crippen LogP contribution in [-0.2, 0) is 4.79 Å². The first-order chi connectivity index (χ1) is 5.22. The second kappa shape index (κ2) is 2.19. The van der Waals surface area contributed by atoms with Crippen molar-refractivity contribution in [2.24, 2.45) is 5.92 Å². The predicted molar refractivity (Wildman–Crippen MR) is 38.9 cm³/mol. The fourth-order valence-corrected chi connectivity index (χ4v) is 1.87. The average molecular weight is 156 g/mol. The van der Waals surface area contributed by atoms with E-state index in [2.05, 4.69) is 10.6 Å². The van der Waals surface area contributed by atoms with Crippen LogP contribution < -0.4 is 10.6 Å². The number of carbonyl (C=O) groups is 1. The Bertz CT molecular complexity index is 195. The molecule has 2 aliphatic heterocycles. The lowest BCUT2D eigenvalue weighted by Crippen LogP contribution is -2.52. The van der Waals surface area contributed by atoms with Crippen molar-refractivity contribution < 1.29 is 9.90 Å². The summed E-state index contributed by atoms with van der Waals surface area (Å²) in [5, 5.41) is 15.6. The quantitative estimate of drug-likeness (QED) is 0.398. The third-order valence-corrected chi connectivity index (χ3v) is 2.57. The van der Waals surface area contributed by atoms with Crippen LogP contribution in [0.15, 0.2) is 0 Å². The van der Waals surface area contributed by atoms with Crippen molar-refractivity contribution in [2.45, 2.75) is 12.0 Å². The molecule has 0 spiro atoms. The Morgan fingerprint density at radius 2 is 2.36 bits per heavy atom. The van der Waals surface area contributed by atoms with Crippen LogP contribution in [0.5, 0.6) is 0 Å². The fourth-order valence-electron chi connectivity index (χ4n) is 1.87. The van der Waals surface area contributed by atoms with Gasteiger partial charge in [-0.2, -0.15) is 0 Å². The topological polar surface area (TPSA) is 61.4 Å². The molecular weight excluding hydrogens is 144 g/mol. The summed E-state index contributed by atoms with van der Waals surface area (Å²) in [6.45, 7) is 1.78. The second-order valence-electron chi connectivity index (χ2n) is 3.34. The molecule has 0 aromatic carbocycles. The van der Waals surface area contributed by atoms with E-state index in [0.717, 1.165) is 13.0 Å². The number of piperidine rings is 1. The van der Waals surface area contributed by atoms with Crippen molar-refractivity contribution in [1.82, 2.24) is 10.6 Å². The molecule has 3 N–H and O–H groups in total. The maximum atomic E-state index is 11.1. The molecule has 1 amide bonds. The number of fused-ring (bicyclic) bond motifs is 1. The van der Waals surface area contributed by atoms with E-state index >= 15 is 0 Å². The number of nitrogens with one attached hydrogen (secondary N) is 2. The number of rotatable bonds is 0. The van der Waals surface area contributed by atoms with Gasteiger partial charge in [-0.3, -0.25) is 4.79 Å². The molecule has 0 aromatic heterocycles. The highest BCUT2D eigenvalue weighted by Crippen LogP contribution is 2.27. The molecule has 11 heavy (non-hydrogen) atoms. The summed E-state index contributed by atoms with van der Waals surface area (Å²) in [5.74, 6) is -0.169. The molecule has 0 saturated carbocycles. The van der Waals surface area contributed by atoms with Gasteiger partial charge in [0, 0.05) is 13.1 Å². The van der Waals surface area contributed by atoms with Crippen LogP contribution in [0, 0.1) is 5.92 Å². The largest absolute Gasteiger partial charge is 0.386 e. The van der Waals surface area contributed by atoms with Crippen LogP contribution in [-0.4, -0.2) is 36.2 Å². The highest BCUT2D eigenvalue weighted by Gasteiger charge is 2.48. The van der Waals surface area contributed by atoms with E-state index in [1.807, 2.05) is 0 Å². The summed E-state index contributed by atoms with van der Waals surface area (Å²) in [6, 6.07) is 0. The molecule has 2 atom stereocenters. The summed E-state index contributed by atoms with van der Waals surface area (Å²) < 4.78 is 0. The maximum absolute atomic E-state index is 11.1. The van der Waals surface area contributed by atoms with E-state index in [-0.39, 0.29) is 11.8 Å². The van der Waals surface area contributed by atoms with Gasteiger partial charge < -0.3 is 15.7 Å². The third-order valence-electron chi connectivity index (χ3n) is 2.57. The molecule has 2 heterocycles. The Labute approximate surface area is 65.0 Å². The van der Waals surface area contributed by atoms with Crippen molar-refractivity contribution in [3.63, 3.8) is 0 Å². The van der Waals surface area contributed by atoms with E-state index in [1.54, 1.807) is 0 Å². The van der Waals surface area contributed by atoms with Crippen LogP contribution in [0.1, 0.15) is 6.42 Å². The molecule has 0 radical (unpaired) electrons. The molecule has 62 valence electrons. The molecule has 0 aromatic rings. The Morgan fingerprint density at radius 1 is 1.55 bits per heavy atom. The van der Waals surface area contributed by atoms with Crippen LogP contribution >= 0.6 is 0 Å². The zero-order valence-corrected chi connectivity index (χ0v) is 6.26. The van der Waals surface area contributed by atoms with Gasteiger partial charge in [-0.1, -0.05) is 0 Å². The van der Waals surface area contributed by atoms with Gasteiger partial charge in [-0.05, 0) is 13.0 Å². The molecule has 2 saturated heterocycles. The molecule has 0 aliphatic carbocycles. The van der Waals surface area contributed by atoms with Crippen molar-refractivity contribution in [3.8, 4) is 0 Å². The lowest BCUT2D eigenvalue weighted by Gasteiger charge is -2.32. The SMILES string of the molecule is O=C1NC[C@]2(O)CNCC[C@H]12. The maximum Gasteiger partial charge on any atom is 0.226 e. The first kappa shape index (κ1) is 7.06. The Morgan fingerprint density at radius 3 is 3.09 bits per heavy atom. The monoisotopic (exact) mass is 156 g/mol. The van der Waals surface area contributed by atoms with Crippen molar-refractivity contribution >= 4 is 5.91 Å². The number of carbonyl (C=O) groups excluding carboxylic acids is 1. The van der Waals surface area contributed by atoms with E-state index in [1.165, 1.54) is 0 Å². The van der Waals surface area contributed by atoms with Gasteiger partial charge in [-0.25, -0.2) is 0 Å². The third kappa shape index (κ3) is 0.937. The van der Waals surface area contributed by atoms with Crippen LogP contribution in [0.3, 0.4) is 0 Å². The standard InChI is InChI=1S/C7H12N2O2/c10-6-5-1-2-8-3-7(5,11)4-9-6/h5,8,11H,1-4H2,(H,9,10)/t5-,7-/m1/s1. The first-order valence-corrected chi connectivity index (χ1v) is 3.93. The Kier molecular flexibility index (Phi) is 1.40. The van der Waals surface area contributed by atoms with Gasteiger partial charge in [-0.15, -0.1) is 0 Å². The molecule has 2 aliphatic rings. The summed E-state index contributed by atoms with van der Waals surface area (Å²) in [4.78, 5) is 11.1. The second-order valence-corrected chi connectivity index (χ2v) is 3.34. The van der Waals surface area contributed by atoms with E-state index < -0.39 is 5.60 Å². The number of hydrogen-bond donors (Lipinski definition) is 3. The number of hydrogen-bond acceptors (Lipinski definition) is 3. The highest BCUT2D eigenvalue weighted by molar-refractivity contribution is 5.82. The van der Waals surface area contributed by atoms with Crippen molar-refractivity contribution in [2.75, 3.05) is 19.6 Å². The minimum atomic E-state index is -0.810. The molecular formula is C7H12N2O2. The molecule has 2 fully saturated rings. The lowest BCUT2D eigenvalue weighted by atomic mass is 9.85. The average Bonchev–Trinajstić information content (AvgIpc) is 2.29. The molecule has 2 rings (SSSR count). The summed E-state index contributed by atoms with van der Waals surface area (Å²) in [6.07, 6.45) is 0.752. The van der Waals surface area contributed by atoms with Crippen LogP contribution in [0.4, 0.5) is 0 Å². The molecule has 0 bridgehead atoms. The van der Waals surface area contributed by atoms with Gasteiger partial charge in [0.15, 0.2) is 0 Å². The van der Waals surface area contributed by atoms with Crippen molar-refractivity contribution in [3.05, 3.63) is 0 Å². The van der Waals surface area contributed by atoms with E-state index in [9.17, 15) is 9.90 Å². The van der Waals surface area contributed by atoms with Crippen LogP contribution in [0.25, 0.3) is 0 Å². The Balaban J connectivity index is 2.21. The van der Waals surface area contributed by atoms with Gasteiger partial charge in [0.05, 0.1) is 5.92 Å². The lowest BCUT2D eigenvalue weighted by molar-refractivity contribution is -0.127. The highest BCUT2D eigenvalue weighted by atomic mass is 16.3. The van der Waals surface area contributed by atoms with Gasteiger partial charge >= 0.3 is 0 Å². The van der Waals surface area contributed by atoms with Crippen molar-refractivity contribution in [1.29, 1.82) is 0 Å². The van der Waals surface area contributed by atoms with Gasteiger partial charge in [0.1, 0.15) is 5.60 Å². The summed E-state index contributed by atoms with van der Waals surface area (Å²) >= 11 is 0. The minimum absolute atomic E-state index is 0.00833. The van der Waals surface area contributed by atoms with E-state index in [0.29, 0.717) is 13.1 Å². The zero-order chi connectivity index (χ0) is 7.90. The fraction of sp³-hybridized carbons (Fsp3) is 0.857. The van der Waals surface area contributed by atoms with Crippen LogP contribution in [0.2, 0.25) is 0 Å². The molecule has 4 heteroatoms. The van der Waals surface area contributed by atoms with Gasteiger partial charge in [0.2, 0.25) is 5.91 Å². The number of amides is 1. The molecule has 0 unspecified atom stereocenters.